The van der Waals surface area contributed by atoms with Crippen LogP contribution in [0, 0.1) is 0 Å². The summed E-state index contributed by atoms with van der Waals surface area (Å²) >= 11 is 0. The normalized spacial score (nSPS) is 15.8. The summed E-state index contributed by atoms with van der Waals surface area (Å²) in [6.07, 6.45) is 31.4. The van der Waals surface area contributed by atoms with Crippen molar-refractivity contribution in [1.29, 1.82) is 0 Å². The van der Waals surface area contributed by atoms with Gasteiger partial charge in [0, 0.05) is 6.42 Å². The number of unbranched alkanes of at least 4 members (excludes halogenated alkanes) is 23. The van der Waals surface area contributed by atoms with Gasteiger partial charge >= 0.3 is 65.2 Å². The molecule has 0 radical (unpaired) electrons. The third kappa shape index (κ3) is 29.7. The summed E-state index contributed by atoms with van der Waals surface area (Å²) < 4.78 is 34.4. The molecule has 1 rings (SSSR count). The second-order valence-corrected chi connectivity index (χ2v) is 13.5. The Hall–Kier alpha value is 1.22. The van der Waals surface area contributed by atoms with Crippen LogP contribution < -0.4 is 51.4 Å². The largest absolute Gasteiger partial charge is 1.00 e. The van der Waals surface area contributed by atoms with E-state index in [4.69, 9.17) is 18.3 Å². The quantitative estimate of drug-likeness (QED) is 0.0323. The average Bonchev–Trinajstić information content (AvgIpc) is 3.77. The molecule has 1 fully saturated rings. The summed E-state index contributed by atoms with van der Waals surface area (Å²) in [6.45, 7) is 5.53. The van der Waals surface area contributed by atoms with Crippen LogP contribution in [-0.4, -0.2) is 31.9 Å². The molecule has 6 nitrogen and oxygen atoms in total. The number of phosphoric acid groups is 1. The molecule has 0 bridgehead atoms. The van der Waals surface area contributed by atoms with E-state index in [1.807, 2.05) is 0 Å². The van der Waals surface area contributed by atoms with Crippen LogP contribution in [0.1, 0.15) is 182 Å². The van der Waals surface area contributed by atoms with Gasteiger partial charge in [-0.2, -0.15) is 0 Å². The molecule has 0 aromatic heterocycles. The number of hydrogen-bond acceptors (Lipinski definition) is 6. The number of carbonyl (C=O) groups is 1. The van der Waals surface area contributed by atoms with Gasteiger partial charge in [-0.3, -0.25) is 13.8 Å². The second kappa shape index (κ2) is 31.2. The van der Waals surface area contributed by atoms with Crippen molar-refractivity contribution in [3.05, 3.63) is 0 Å². The van der Waals surface area contributed by atoms with Gasteiger partial charge in [0.25, 0.3) is 0 Å². The zero-order valence-corrected chi connectivity index (χ0v) is 31.5. The van der Waals surface area contributed by atoms with Gasteiger partial charge in [0.1, 0.15) is 6.10 Å². The molecule has 0 N–H and O–H groups in total. The summed E-state index contributed by atoms with van der Waals surface area (Å²) in [5.74, 6) is -0.489. The van der Waals surface area contributed by atoms with Gasteiger partial charge < -0.3 is 10.7 Å². The van der Waals surface area contributed by atoms with Gasteiger partial charge in [-0.05, 0) is 12.8 Å². The third-order valence-corrected chi connectivity index (χ3v) is 9.16. The Bertz CT molecular complexity index is 623. The summed E-state index contributed by atoms with van der Waals surface area (Å²) in [5, 5.41) is 0. The maximum atomic E-state index is 13.0. The number of epoxide rings is 1. The van der Waals surface area contributed by atoms with E-state index in [0.29, 0.717) is 6.61 Å². The van der Waals surface area contributed by atoms with Crippen LogP contribution in [0.25, 0.3) is 0 Å². The third-order valence-electron chi connectivity index (χ3n) is 7.77. The van der Waals surface area contributed by atoms with Crippen molar-refractivity contribution < 1.29 is 80.5 Å². The first-order valence-electron chi connectivity index (χ1n) is 17.3. The molecule has 1 aliphatic heterocycles. The first-order valence-corrected chi connectivity index (χ1v) is 18.8. The molecule has 2 unspecified atom stereocenters. The fraction of sp³-hybridized carbons (Fsp3) is 0.970. The number of phosphoric ester groups is 1. The van der Waals surface area contributed by atoms with Crippen LogP contribution in [0.15, 0.2) is 0 Å². The zero-order chi connectivity index (χ0) is 29.0. The van der Waals surface area contributed by atoms with Crippen LogP contribution in [0.4, 0.5) is 0 Å². The maximum absolute atomic E-state index is 13.0. The minimum atomic E-state index is -3.89. The Morgan fingerprint density at radius 1 is 0.634 bits per heavy atom. The Morgan fingerprint density at radius 2 is 1.00 bits per heavy atom. The molecule has 1 saturated heterocycles. The van der Waals surface area contributed by atoms with E-state index in [2.05, 4.69) is 13.8 Å². The predicted octanol–water partition coefficient (Wildman–Crippen LogP) is 8.37. The summed E-state index contributed by atoms with van der Waals surface area (Å²) in [6, 6.07) is 0. The Kier molecular flexibility index (Phi) is 32.1. The molecular formula is C33H66KO6P. The van der Waals surface area contributed by atoms with Gasteiger partial charge in [0.05, 0.1) is 19.8 Å². The molecule has 8 heteroatoms. The van der Waals surface area contributed by atoms with Gasteiger partial charge in [-0.15, -0.1) is 0 Å². The summed E-state index contributed by atoms with van der Waals surface area (Å²) in [7, 11) is -3.89. The molecule has 0 amide bonds. The maximum Gasteiger partial charge on any atom is 1.00 e. The van der Waals surface area contributed by atoms with Crippen LogP contribution in [0.3, 0.4) is 0 Å². The zero-order valence-electron chi connectivity index (χ0n) is 28.5. The molecule has 1 heterocycles. The molecule has 0 aliphatic carbocycles. The van der Waals surface area contributed by atoms with E-state index in [1.54, 1.807) is 0 Å². The van der Waals surface area contributed by atoms with Crippen LogP contribution in [-0.2, 0) is 27.7 Å². The standard InChI is InChI=1S/C33H65O6P.K.H/c1-3-5-7-9-11-13-15-16-17-19-21-23-25-27-29-37-40(35,38-31-32-30-36-32)39-33(34)28-26-24-22-20-18-14-12-10-8-6-4-2;;/h32H,3-31H2,1-2H3;;/q;+1;-1. The molecular weight excluding hydrogens is 562 g/mol. The van der Waals surface area contributed by atoms with Gasteiger partial charge in [0.2, 0.25) is 0 Å². The fourth-order valence-electron chi connectivity index (χ4n) is 5.01. The molecule has 0 saturated carbocycles. The average molecular weight is 629 g/mol. The molecule has 0 aromatic rings. The van der Waals surface area contributed by atoms with Crippen molar-refractivity contribution >= 4 is 13.8 Å². The van der Waals surface area contributed by atoms with Crippen molar-refractivity contribution in [2.45, 2.75) is 187 Å². The first kappa shape index (κ1) is 42.2. The van der Waals surface area contributed by atoms with E-state index in [9.17, 15) is 9.36 Å². The Morgan fingerprint density at radius 3 is 1.39 bits per heavy atom. The minimum absolute atomic E-state index is 0. The van der Waals surface area contributed by atoms with Gasteiger partial charge in [-0.25, -0.2) is 4.57 Å². The van der Waals surface area contributed by atoms with E-state index < -0.39 is 13.8 Å². The fourth-order valence-corrected chi connectivity index (χ4v) is 6.23. The van der Waals surface area contributed by atoms with Crippen molar-refractivity contribution in [2.24, 2.45) is 0 Å². The van der Waals surface area contributed by atoms with Crippen molar-refractivity contribution in [3.63, 3.8) is 0 Å². The SMILES string of the molecule is CCCCCCCCCCCCCCCCOP(=O)(OCC1CO1)OC(=O)CCCCCCCCCCCCC.[H-].[K+]. The van der Waals surface area contributed by atoms with Gasteiger partial charge in [0.15, 0.2) is 0 Å². The van der Waals surface area contributed by atoms with Crippen molar-refractivity contribution in [2.75, 3.05) is 19.8 Å². The van der Waals surface area contributed by atoms with Crippen molar-refractivity contribution in [3.8, 4) is 0 Å². The second-order valence-electron chi connectivity index (χ2n) is 11.9. The first-order chi connectivity index (χ1) is 19.6. The van der Waals surface area contributed by atoms with Crippen molar-refractivity contribution in [1.82, 2.24) is 0 Å². The van der Waals surface area contributed by atoms with Crippen LogP contribution in [0.2, 0.25) is 0 Å². The molecule has 2 atom stereocenters. The molecule has 0 aromatic carbocycles. The minimum Gasteiger partial charge on any atom is -1.00 e. The Balaban J connectivity index is 0. The predicted molar refractivity (Wildman–Crippen MR) is 168 cm³/mol. The number of ether oxygens (including phenoxy) is 1. The Labute approximate surface area is 298 Å². The number of rotatable bonds is 32. The summed E-state index contributed by atoms with van der Waals surface area (Å²) in [5.41, 5.74) is 0. The molecule has 41 heavy (non-hydrogen) atoms. The van der Waals surface area contributed by atoms with E-state index in [-0.39, 0.29) is 78.5 Å². The van der Waals surface area contributed by atoms with Crippen LogP contribution >= 0.6 is 7.82 Å². The van der Waals surface area contributed by atoms with E-state index in [1.165, 1.54) is 122 Å². The molecule has 1 aliphatic rings. The van der Waals surface area contributed by atoms with E-state index >= 15 is 0 Å². The molecule has 0 spiro atoms. The topological polar surface area (TPSA) is 74.4 Å². The van der Waals surface area contributed by atoms with E-state index in [0.717, 1.165) is 38.5 Å². The van der Waals surface area contributed by atoms with Gasteiger partial charge in [-0.1, -0.05) is 162 Å². The molecule has 240 valence electrons. The monoisotopic (exact) mass is 628 g/mol. The smallest absolute Gasteiger partial charge is 1.00 e. The summed E-state index contributed by atoms with van der Waals surface area (Å²) in [4.78, 5) is 12.4. The number of carbonyl (C=O) groups excluding carboxylic acids is 1. The number of hydrogen-bond donors (Lipinski definition) is 0. The van der Waals surface area contributed by atoms with Crippen LogP contribution in [0.5, 0.6) is 0 Å².